The summed E-state index contributed by atoms with van der Waals surface area (Å²) < 4.78 is 5.38. The number of methoxy groups -OCH3 is 1. The van der Waals surface area contributed by atoms with E-state index in [1.54, 1.807) is 35.2 Å². The number of nitrogens with one attached hydrogen (secondary N) is 1. The lowest BCUT2D eigenvalue weighted by Crippen LogP contribution is -2.23. The first-order valence-electron chi connectivity index (χ1n) is 7.81. The van der Waals surface area contributed by atoms with E-state index in [1.165, 1.54) is 7.11 Å². The number of aromatic hydroxyl groups is 1. The van der Waals surface area contributed by atoms with Crippen LogP contribution in [0.4, 0.5) is 5.69 Å². The van der Waals surface area contributed by atoms with Crippen molar-refractivity contribution in [3.63, 3.8) is 0 Å². The summed E-state index contributed by atoms with van der Waals surface area (Å²) in [7, 11) is 1.54. The lowest BCUT2D eigenvalue weighted by atomic mass is 9.99. The number of phenolic OH excluding ortho intramolecular Hbond substituents is 1. The zero-order chi connectivity index (χ0) is 17.1. The number of phenols is 1. The predicted molar refractivity (Wildman–Crippen MR) is 90.2 cm³/mol. The summed E-state index contributed by atoms with van der Waals surface area (Å²) in [5.41, 5.74) is 4.52. The molecule has 0 aliphatic carbocycles. The minimum Gasteiger partial charge on any atom is -0.507 e. The molecule has 2 aromatic rings. The van der Waals surface area contributed by atoms with Crippen LogP contribution < -0.4 is 10.2 Å². The highest BCUT2D eigenvalue weighted by Crippen LogP contribution is 2.41. The topological polar surface area (TPSA) is 82.0 Å². The number of amides is 1. The second-order valence-electron chi connectivity index (χ2n) is 5.76. The Balaban J connectivity index is 2.03. The third-order valence-corrected chi connectivity index (χ3v) is 4.26. The predicted octanol–water partition coefficient (Wildman–Crippen LogP) is 2.99. The number of ether oxygens (including phenoxy) is 1. The maximum absolute atomic E-state index is 11.8. The Hall–Kier alpha value is -2.73. The molecule has 0 radical (unpaired) electrons. The molecule has 0 bridgehead atoms. The number of rotatable bonds is 5. The van der Waals surface area contributed by atoms with Crippen molar-refractivity contribution in [2.75, 3.05) is 19.1 Å². The summed E-state index contributed by atoms with van der Waals surface area (Å²) >= 11 is 0. The van der Waals surface area contributed by atoms with E-state index in [2.05, 4.69) is 5.48 Å². The highest BCUT2D eigenvalue weighted by Gasteiger charge is 2.23. The number of likely N-dealkylation sites (tertiary alicyclic amines) is 1. The normalized spacial score (nSPS) is 14.1. The van der Waals surface area contributed by atoms with Crippen LogP contribution in [-0.4, -0.2) is 34.8 Å². The third-order valence-electron chi connectivity index (χ3n) is 4.26. The van der Waals surface area contributed by atoms with E-state index in [4.69, 9.17) is 9.94 Å². The van der Waals surface area contributed by atoms with E-state index in [0.717, 1.165) is 6.42 Å². The van der Waals surface area contributed by atoms with Gasteiger partial charge in [0.05, 0.1) is 18.4 Å². The molecule has 1 aliphatic heterocycles. The van der Waals surface area contributed by atoms with E-state index in [-0.39, 0.29) is 11.7 Å². The second-order valence-corrected chi connectivity index (χ2v) is 5.76. The first kappa shape index (κ1) is 16.1. The fraction of sp³-hybridized carbons (Fsp3) is 0.278. The number of benzene rings is 2. The van der Waals surface area contributed by atoms with Crippen LogP contribution in [0.25, 0.3) is 11.1 Å². The maximum atomic E-state index is 11.8. The van der Waals surface area contributed by atoms with Gasteiger partial charge in [-0.15, -0.1) is 0 Å². The monoisotopic (exact) mass is 328 g/mol. The van der Waals surface area contributed by atoms with E-state index >= 15 is 0 Å². The van der Waals surface area contributed by atoms with Crippen LogP contribution in [0, 0.1) is 0 Å². The molecule has 0 aromatic heterocycles. The summed E-state index contributed by atoms with van der Waals surface area (Å²) in [5.74, 6) is 0.724. The van der Waals surface area contributed by atoms with E-state index in [9.17, 15) is 9.90 Å². The Kier molecular flexibility index (Phi) is 4.57. The number of nitrogens with zero attached hydrogens (tertiary/aromatic N) is 1. The molecule has 1 amide bonds. The quantitative estimate of drug-likeness (QED) is 0.735. The third kappa shape index (κ3) is 3.00. The average molecular weight is 328 g/mol. The maximum Gasteiger partial charge on any atom is 0.222 e. The van der Waals surface area contributed by atoms with Crippen molar-refractivity contribution in [2.24, 2.45) is 0 Å². The smallest absolute Gasteiger partial charge is 0.222 e. The summed E-state index contributed by atoms with van der Waals surface area (Å²) in [6.45, 7) is 1.09. The Morgan fingerprint density at radius 1 is 1.29 bits per heavy atom. The van der Waals surface area contributed by atoms with Gasteiger partial charge < -0.3 is 14.7 Å². The fourth-order valence-corrected chi connectivity index (χ4v) is 3.01. The van der Waals surface area contributed by atoms with Crippen LogP contribution in [0.5, 0.6) is 11.5 Å². The van der Waals surface area contributed by atoms with E-state index in [1.807, 2.05) is 6.07 Å². The Morgan fingerprint density at radius 2 is 2.12 bits per heavy atom. The molecule has 1 saturated heterocycles. The van der Waals surface area contributed by atoms with Gasteiger partial charge in [-0.2, -0.15) is 0 Å². The number of anilines is 1. The number of hydrogen-bond donors (Lipinski definition) is 3. The molecule has 0 unspecified atom stereocenters. The van der Waals surface area contributed by atoms with Crippen LogP contribution >= 0.6 is 0 Å². The molecule has 1 aliphatic rings. The van der Waals surface area contributed by atoms with Crippen LogP contribution in [0.2, 0.25) is 0 Å². The zero-order valence-corrected chi connectivity index (χ0v) is 13.5. The molecule has 6 heteroatoms. The Labute approximate surface area is 140 Å². The van der Waals surface area contributed by atoms with Gasteiger partial charge in [0.15, 0.2) is 0 Å². The first-order chi connectivity index (χ1) is 11.6. The summed E-state index contributed by atoms with van der Waals surface area (Å²) in [4.78, 5) is 13.6. The zero-order valence-electron chi connectivity index (χ0n) is 13.5. The van der Waals surface area contributed by atoms with Crippen LogP contribution in [0.3, 0.4) is 0 Å². The van der Waals surface area contributed by atoms with Crippen molar-refractivity contribution in [2.45, 2.75) is 19.4 Å². The van der Waals surface area contributed by atoms with Gasteiger partial charge in [0.1, 0.15) is 11.5 Å². The largest absolute Gasteiger partial charge is 0.507 e. The van der Waals surface area contributed by atoms with Gasteiger partial charge in [-0.1, -0.05) is 12.1 Å². The summed E-state index contributed by atoms with van der Waals surface area (Å²) in [6, 6.07) is 10.6. The fourth-order valence-electron chi connectivity index (χ4n) is 3.01. The molecular formula is C18H20N2O4. The minimum atomic E-state index is 0.0872. The van der Waals surface area contributed by atoms with Gasteiger partial charge in [-0.05, 0) is 36.2 Å². The molecule has 0 spiro atoms. The molecule has 3 rings (SSSR count). The molecule has 0 atom stereocenters. The molecule has 1 heterocycles. The van der Waals surface area contributed by atoms with E-state index in [0.29, 0.717) is 47.6 Å². The minimum absolute atomic E-state index is 0.0872. The molecular weight excluding hydrogens is 308 g/mol. The van der Waals surface area contributed by atoms with E-state index < -0.39 is 0 Å². The lowest BCUT2D eigenvalue weighted by Gasteiger charge is -2.19. The van der Waals surface area contributed by atoms with Gasteiger partial charge in [0.25, 0.3) is 0 Å². The molecule has 126 valence electrons. The SMILES string of the molecule is COc1ccc(CN2CCCC2=O)c(O)c1-c1cccc(NO)c1. The Bertz CT molecular complexity index is 761. The van der Waals surface area contributed by atoms with Crippen molar-refractivity contribution in [1.29, 1.82) is 0 Å². The highest BCUT2D eigenvalue weighted by atomic mass is 16.5. The summed E-state index contributed by atoms with van der Waals surface area (Å²) in [5, 5.41) is 19.9. The van der Waals surface area contributed by atoms with Crippen LogP contribution in [-0.2, 0) is 11.3 Å². The van der Waals surface area contributed by atoms with Crippen molar-refractivity contribution in [3.8, 4) is 22.6 Å². The van der Waals surface area contributed by atoms with Crippen molar-refractivity contribution >= 4 is 11.6 Å². The molecule has 6 nitrogen and oxygen atoms in total. The van der Waals surface area contributed by atoms with Gasteiger partial charge in [-0.25, -0.2) is 0 Å². The number of hydrogen-bond acceptors (Lipinski definition) is 5. The molecule has 24 heavy (non-hydrogen) atoms. The van der Waals surface area contributed by atoms with Gasteiger partial charge in [-0.3, -0.25) is 15.5 Å². The second kappa shape index (κ2) is 6.80. The highest BCUT2D eigenvalue weighted by molar-refractivity contribution is 5.81. The number of carbonyl (C=O) groups is 1. The van der Waals surface area contributed by atoms with Crippen LogP contribution in [0.1, 0.15) is 18.4 Å². The van der Waals surface area contributed by atoms with Gasteiger partial charge in [0, 0.05) is 25.1 Å². The average Bonchev–Trinajstić information content (AvgIpc) is 3.01. The standard InChI is InChI=1S/C18H20N2O4/c1-24-15-8-7-13(11-20-9-3-6-16(20)21)18(22)17(15)12-4-2-5-14(10-12)19-23/h2,4-5,7-8,10,19,22-23H,3,6,9,11H2,1H3. The van der Waals surface area contributed by atoms with Crippen molar-refractivity contribution < 1.29 is 19.8 Å². The molecule has 2 aromatic carbocycles. The van der Waals surface area contributed by atoms with Gasteiger partial charge >= 0.3 is 0 Å². The van der Waals surface area contributed by atoms with Crippen molar-refractivity contribution in [1.82, 2.24) is 4.90 Å². The van der Waals surface area contributed by atoms with Gasteiger partial charge in [0.2, 0.25) is 5.91 Å². The Morgan fingerprint density at radius 3 is 2.79 bits per heavy atom. The molecule has 0 saturated carbocycles. The molecule has 3 N–H and O–H groups in total. The first-order valence-corrected chi connectivity index (χ1v) is 7.81. The van der Waals surface area contributed by atoms with Crippen molar-refractivity contribution in [3.05, 3.63) is 42.0 Å². The molecule has 1 fully saturated rings. The van der Waals surface area contributed by atoms with Crippen LogP contribution in [0.15, 0.2) is 36.4 Å². The lowest BCUT2D eigenvalue weighted by molar-refractivity contribution is -0.128. The number of carbonyl (C=O) groups excluding carboxylic acids is 1. The summed E-state index contributed by atoms with van der Waals surface area (Å²) in [6.07, 6.45) is 1.42.